The van der Waals surface area contributed by atoms with Gasteiger partial charge in [0.25, 0.3) is 0 Å². The molecule has 2 aliphatic heterocycles. The molecule has 10 nitrogen and oxygen atoms in total. The summed E-state index contributed by atoms with van der Waals surface area (Å²) in [7, 11) is 0. The summed E-state index contributed by atoms with van der Waals surface area (Å²) in [6.45, 7) is -0.536. The lowest BCUT2D eigenvalue weighted by Gasteiger charge is -2.30. The minimum Gasteiger partial charge on any atom is -0.508 e. The fourth-order valence-corrected chi connectivity index (χ4v) is 3.37. The van der Waals surface area contributed by atoms with Crippen LogP contribution in [0.2, 0.25) is 0 Å². The van der Waals surface area contributed by atoms with Gasteiger partial charge in [0.05, 0.1) is 12.2 Å². The Balaban J connectivity index is 1.74. The zero-order valence-corrected chi connectivity index (χ0v) is 15.4. The van der Waals surface area contributed by atoms with Crippen LogP contribution in [0.3, 0.4) is 0 Å². The minimum absolute atomic E-state index is 0.0448. The lowest BCUT2D eigenvalue weighted by atomic mass is 10.0. The highest BCUT2D eigenvalue weighted by molar-refractivity contribution is 5.69. The summed E-state index contributed by atoms with van der Waals surface area (Å²) in [5.41, 5.74) is 0.533. The van der Waals surface area contributed by atoms with Gasteiger partial charge in [-0.2, -0.15) is 0 Å². The second-order valence-electron chi connectivity index (χ2n) is 6.99. The lowest BCUT2D eigenvalue weighted by Crippen LogP contribution is -2.35. The van der Waals surface area contributed by atoms with E-state index in [0.29, 0.717) is 5.56 Å². The van der Waals surface area contributed by atoms with E-state index < -0.39 is 43.1 Å². The van der Waals surface area contributed by atoms with Gasteiger partial charge in [-0.3, -0.25) is 0 Å². The fourth-order valence-electron chi connectivity index (χ4n) is 3.37. The molecule has 2 heterocycles. The van der Waals surface area contributed by atoms with Gasteiger partial charge in [-0.25, -0.2) is 0 Å². The molecule has 5 atom stereocenters. The SMILES string of the molecule is OCC1OC(OC2=Cc3c(O)cc(O)cc3OC2c2ccc(O)c(O)c2)C(O)C1O. The van der Waals surface area contributed by atoms with Crippen LogP contribution in [0.5, 0.6) is 28.7 Å². The average Bonchev–Trinajstić information content (AvgIpc) is 2.98. The maximum Gasteiger partial charge on any atom is 0.228 e. The molecule has 1 fully saturated rings. The minimum atomic E-state index is -1.47. The van der Waals surface area contributed by atoms with Crippen LogP contribution >= 0.6 is 0 Å². The largest absolute Gasteiger partial charge is 0.508 e. The monoisotopic (exact) mass is 420 g/mol. The van der Waals surface area contributed by atoms with Gasteiger partial charge in [-0.15, -0.1) is 0 Å². The molecule has 2 aliphatic rings. The standard InChI is InChI=1S/C20H20O10/c21-7-16-17(26)18(27)20(30-16)29-15-6-10-12(24)4-9(22)5-14(10)28-19(15)8-1-2-11(23)13(25)3-8/h1-6,16-27H,7H2. The van der Waals surface area contributed by atoms with Gasteiger partial charge in [-0.1, -0.05) is 6.07 Å². The van der Waals surface area contributed by atoms with Crippen LogP contribution < -0.4 is 4.74 Å². The van der Waals surface area contributed by atoms with Gasteiger partial charge in [0, 0.05) is 17.7 Å². The molecule has 2 aromatic carbocycles. The Morgan fingerprint density at radius 2 is 1.67 bits per heavy atom. The van der Waals surface area contributed by atoms with Gasteiger partial charge in [-0.05, 0) is 18.2 Å². The van der Waals surface area contributed by atoms with E-state index in [1.165, 1.54) is 30.3 Å². The number of ether oxygens (including phenoxy) is 3. The highest BCUT2D eigenvalue weighted by Crippen LogP contribution is 2.45. The Kier molecular flexibility index (Phi) is 5.08. The third-order valence-electron chi connectivity index (χ3n) is 4.95. The smallest absolute Gasteiger partial charge is 0.228 e. The van der Waals surface area contributed by atoms with E-state index in [9.17, 15) is 35.7 Å². The van der Waals surface area contributed by atoms with Crippen LogP contribution in [0.25, 0.3) is 6.08 Å². The van der Waals surface area contributed by atoms with Crippen LogP contribution in [-0.2, 0) is 9.47 Å². The number of hydrogen-bond acceptors (Lipinski definition) is 10. The Hall–Kier alpha value is -3.18. The van der Waals surface area contributed by atoms with Crippen molar-refractivity contribution in [3.63, 3.8) is 0 Å². The molecule has 5 unspecified atom stereocenters. The summed E-state index contributed by atoms with van der Waals surface area (Å²) >= 11 is 0. The first-order chi connectivity index (χ1) is 14.3. The topological polar surface area (TPSA) is 169 Å². The van der Waals surface area contributed by atoms with Crippen molar-refractivity contribution in [2.45, 2.75) is 30.7 Å². The maximum atomic E-state index is 10.2. The molecule has 0 radical (unpaired) electrons. The van der Waals surface area contributed by atoms with Gasteiger partial charge >= 0.3 is 0 Å². The fraction of sp³-hybridized carbons (Fsp3) is 0.300. The normalized spacial score (nSPS) is 27.8. The van der Waals surface area contributed by atoms with Crippen molar-refractivity contribution < 1.29 is 50.0 Å². The first-order valence-corrected chi connectivity index (χ1v) is 9.03. The molecule has 0 amide bonds. The first kappa shape index (κ1) is 20.1. The predicted molar refractivity (Wildman–Crippen MR) is 99.7 cm³/mol. The van der Waals surface area contributed by atoms with Crippen molar-refractivity contribution in [3.05, 3.63) is 47.2 Å². The average molecular weight is 420 g/mol. The molecular formula is C20H20O10. The molecular weight excluding hydrogens is 400 g/mol. The number of fused-ring (bicyclic) bond motifs is 1. The number of phenolic OH excluding ortho intramolecular Hbond substituents is 4. The van der Waals surface area contributed by atoms with Crippen molar-refractivity contribution in [2.24, 2.45) is 0 Å². The Bertz CT molecular complexity index is 988. The summed E-state index contributed by atoms with van der Waals surface area (Å²) in [4.78, 5) is 0. The molecule has 1 saturated heterocycles. The molecule has 30 heavy (non-hydrogen) atoms. The van der Waals surface area contributed by atoms with Crippen LogP contribution in [0.1, 0.15) is 17.2 Å². The summed E-state index contributed by atoms with van der Waals surface area (Å²) < 4.78 is 16.9. The Morgan fingerprint density at radius 1 is 0.900 bits per heavy atom. The van der Waals surface area contributed by atoms with Gasteiger partial charge in [0.2, 0.25) is 6.29 Å². The quantitative estimate of drug-likeness (QED) is 0.345. The van der Waals surface area contributed by atoms with Crippen molar-refractivity contribution in [2.75, 3.05) is 6.61 Å². The number of aromatic hydroxyl groups is 4. The molecule has 160 valence electrons. The van der Waals surface area contributed by atoms with Crippen molar-refractivity contribution >= 4 is 6.08 Å². The lowest BCUT2D eigenvalue weighted by molar-refractivity contribution is -0.154. The highest BCUT2D eigenvalue weighted by atomic mass is 16.7. The molecule has 2 aromatic rings. The van der Waals surface area contributed by atoms with E-state index in [1.54, 1.807) is 0 Å². The third kappa shape index (κ3) is 3.46. The molecule has 0 saturated carbocycles. The third-order valence-corrected chi connectivity index (χ3v) is 4.95. The number of benzene rings is 2. The predicted octanol–water partition coefficient (Wildman–Crippen LogP) is 0.439. The van der Waals surface area contributed by atoms with Crippen LogP contribution in [-0.4, -0.2) is 67.0 Å². The summed E-state index contributed by atoms with van der Waals surface area (Å²) in [6, 6.07) is 6.33. The van der Waals surface area contributed by atoms with Crippen LogP contribution in [0, 0.1) is 0 Å². The molecule has 0 bridgehead atoms. The molecule has 0 aliphatic carbocycles. The van der Waals surface area contributed by atoms with Crippen LogP contribution in [0.4, 0.5) is 0 Å². The van der Waals surface area contributed by atoms with Crippen molar-refractivity contribution in [3.8, 4) is 28.7 Å². The Morgan fingerprint density at radius 3 is 2.33 bits per heavy atom. The zero-order valence-electron chi connectivity index (χ0n) is 15.4. The number of rotatable bonds is 4. The van der Waals surface area contributed by atoms with E-state index in [2.05, 4.69) is 0 Å². The maximum absolute atomic E-state index is 10.2. The van der Waals surface area contributed by atoms with Crippen molar-refractivity contribution in [1.29, 1.82) is 0 Å². The summed E-state index contributed by atoms with van der Waals surface area (Å²) in [5, 5.41) is 68.7. The molecule has 7 N–H and O–H groups in total. The van der Waals surface area contributed by atoms with Crippen LogP contribution in [0.15, 0.2) is 36.1 Å². The Labute approximate surface area is 170 Å². The molecule has 4 rings (SSSR count). The van der Waals surface area contributed by atoms with E-state index in [1.807, 2.05) is 0 Å². The van der Waals surface area contributed by atoms with E-state index in [0.717, 1.165) is 6.07 Å². The van der Waals surface area contributed by atoms with Gasteiger partial charge in [0.1, 0.15) is 41.3 Å². The van der Waals surface area contributed by atoms with Crippen molar-refractivity contribution in [1.82, 2.24) is 0 Å². The molecule has 0 aromatic heterocycles. The van der Waals surface area contributed by atoms with Gasteiger partial charge < -0.3 is 50.0 Å². The second kappa shape index (κ2) is 7.58. The second-order valence-corrected chi connectivity index (χ2v) is 6.99. The molecule has 10 heteroatoms. The first-order valence-electron chi connectivity index (χ1n) is 9.03. The number of aliphatic hydroxyl groups is 3. The highest BCUT2D eigenvalue weighted by Gasteiger charge is 2.45. The summed E-state index contributed by atoms with van der Waals surface area (Å²) in [5.74, 6) is -1.12. The van der Waals surface area contributed by atoms with E-state index in [4.69, 9.17) is 14.2 Å². The molecule has 0 spiro atoms. The summed E-state index contributed by atoms with van der Waals surface area (Å²) in [6.07, 6.45) is -4.86. The van der Waals surface area contributed by atoms with E-state index in [-0.39, 0.29) is 34.3 Å². The zero-order chi connectivity index (χ0) is 21.6. The van der Waals surface area contributed by atoms with Gasteiger partial charge in [0.15, 0.2) is 17.6 Å². The van der Waals surface area contributed by atoms with E-state index >= 15 is 0 Å². The number of aliphatic hydroxyl groups excluding tert-OH is 3. The number of phenols is 4. The number of hydrogen-bond donors (Lipinski definition) is 7.